The summed E-state index contributed by atoms with van der Waals surface area (Å²) < 4.78 is 0. The summed E-state index contributed by atoms with van der Waals surface area (Å²) in [6.45, 7) is 2.53. The molecule has 0 aromatic heterocycles. The van der Waals surface area contributed by atoms with E-state index < -0.39 is 6.04 Å². The van der Waals surface area contributed by atoms with Gasteiger partial charge >= 0.3 is 0 Å². The summed E-state index contributed by atoms with van der Waals surface area (Å²) in [6.07, 6.45) is 3.11. The van der Waals surface area contributed by atoms with Crippen LogP contribution >= 0.6 is 0 Å². The predicted octanol–water partition coefficient (Wildman–Crippen LogP) is 0.876. The number of rotatable bonds is 6. The Hall–Kier alpha value is -1.08. The average molecular weight is 197 g/mol. The van der Waals surface area contributed by atoms with Crippen molar-refractivity contribution in [2.45, 2.75) is 38.6 Å². The molecule has 0 spiro atoms. The number of carbonyl (C=O) groups excluding carboxylic acids is 1. The topological polar surface area (TPSA) is 70.1 Å². The van der Waals surface area contributed by atoms with Crippen molar-refractivity contribution < 1.29 is 4.79 Å². The highest BCUT2D eigenvalue weighted by Crippen LogP contribution is 2.01. The van der Waals surface area contributed by atoms with Gasteiger partial charge in [0.1, 0.15) is 0 Å². The summed E-state index contributed by atoms with van der Waals surface area (Å²) in [5, 5.41) is 8.36. The van der Waals surface area contributed by atoms with E-state index in [4.69, 9.17) is 11.0 Å². The van der Waals surface area contributed by atoms with Crippen LogP contribution in [0.3, 0.4) is 0 Å². The summed E-state index contributed by atoms with van der Waals surface area (Å²) in [6, 6.07) is 1.60. The zero-order chi connectivity index (χ0) is 11.0. The lowest BCUT2D eigenvalue weighted by atomic mass is 10.1. The second-order valence-electron chi connectivity index (χ2n) is 3.42. The van der Waals surface area contributed by atoms with Gasteiger partial charge in [0.15, 0.2) is 0 Å². The van der Waals surface area contributed by atoms with Crippen LogP contribution in [0.1, 0.15) is 32.6 Å². The standard InChI is InChI=1S/C10H19N3O/c1-3-4-6-9(12)10(14)13(2)8-5-7-11/h9H,3-6,8,12H2,1-2H3. The lowest BCUT2D eigenvalue weighted by molar-refractivity contribution is -0.131. The molecule has 1 atom stereocenters. The third kappa shape index (κ3) is 4.83. The molecule has 1 amide bonds. The molecule has 2 N–H and O–H groups in total. The number of unbranched alkanes of at least 4 members (excludes halogenated alkanes) is 1. The molecule has 0 aliphatic heterocycles. The molecular formula is C10H19N3O. The number of likely N-dealkylation sites (N-methyl/N-ethyl adjacent to an activating group) is 1. The second-order valence-corrected chi connectivity index (χ2v) is 3.42. The molecule has 0 saturated carbocycles. The molecule has 4 nitrogen and oxygen atoms in total. The maximum Gasteiger partial charge on any atom is 0.239 e. The van der Waals surface area contributed by atoms with Crippen molar-refractivity contribution in [3.63, 3.8) is 0 Å². The number of hydrogen-bond donors (Lipinski definition) is 1. The largest absolute Gasteiger partial charge is 0.343 e. The first-order valence-corrected chi connectivity index (χ1v) is 5.01. The summed E-state index contributed by atoms with van der Waals surface area (Å²) in [7, 11) is 1.69. The smallest absolute Gasteiger partial charge is 0.239 e. The van der Waals surface area contributed by atoms with Crippen molar-refractivity contribution in [2.75, 3.05) is 13.6 Å². The van der Waals surface area contributed by atoms with Gasteiger partial charge in [0, 0.05) is 13.6 Å². The van der Waals surface area contributed by atoms with Crippen LogP contribution in [0.5, 0.6) is 0 Å². The SMILES string of the molecule is CCCCC(N)C(=O)N(C)CCC#N. The highest BCUT2D eigenvalue weighted by atomic mass is 16.2. The van der Waals surface area contributed by atoms with Gasteiger partial charge in [0.05, 0.1) is 18.5 Å². The number of nitrogens with two attached hydrogens (primary N) is 1. The van der Waals surface area contributed by atoms with E-state index in [1.807, 2.05) is 6.07 Å². The molecule has 80 valence electrons. The molecule has 0 rings (SSSR count). The van der Waals surface area contributed by atoms with Crippen LogP contribution < -0.4 is 5.73 Å². The van der Waals surface area contributed by atoms with Gasteiger partial charge < -0.3 is 10.6 Å². The van der Waals surface area contributed by atoms with Crippen LogP contribution in [0.2, 0.25) is 0 Å². The van der Waals surface area contributed by atoms with Gasteiger partial charge in [-0.1, -0.05) is 19.8 Å². The van der Waals surface area contributed by atoms with Crippen molar-refractivity contribution in [3.05, 3.63) is 0 Å². The Morgan fingerprint density at radius 3 is 2.79 bits per heavy atom. The van der Waals surface area contributed by atoms with Gasteiger partial charge in [0.25, 0.3) is 0 Å². The normalized spacial score (nSPS) is 11.9. The van der Waals surface area contributed by atoms with E-state index in [0.29, 0.717) is 13.0 Å². The maximum atomic E-state index is 11.5. The average Bonchev–Trinajstić information content (AvgIpc) is 2.21. The summed E-state index contributed by atoms with van der Waals surface area (Å²) in [4.78, 5) is 13.1. The van der Waals surface area contributed by atoms with Crippen molar-refractivity contribution >= 4 is 5.91 Å². The first-order chi connectivity index (χ1) is 6.63. The first-order valence-electron chi connectivity index (χ1n) is 5.01. The van der Waals surface area contributed by atoms with Crippen LogP contribution in [-0.4, -0.2) is 30.4 Å². The van der Waals surface area contributed by atoms with E-state index in [2.05, 4.69) is 6.92 Å². The Balaban J connectivity index is 3.85. The Bertz CT molecular complexity index is 210. The number of amides is 1. The zero-order valence-corrected chi connectivity index (χ0v) is 8.99. The van der Waals surface area contributed by atoms with E-state index in [1.165, 1.54) is 4.90 Å². The summed E-state index contributed by atoms with van der Waals surface area (Å²) >= 11 is 0. The fourth-order valence-electron chi connectivity index (χ4n) is 1.16. The molecule has 1 unspecified atom stereocenters. The molecule has 4 heteroatoms. The van der Waals surface area contributed by atoms with Gasteiger partial charge in [-0.05, 0) is 6.42 Å². The fraction of sp³-hybridized carbons (Fsp3) is 0.800. The summed E-state index contributed by atoms with van der Waals surface area (Å²) in [5.41, 5.74) is 5.70. The minimum atomic E-state index is -0.404. The number of hydrogen-bond acceptors (Lipinski definition) is 3. The molecule has 0 radical (unpaired) electrons. The van der Waals surface area contributed by atoms with Gasteiger partial charge in [0.2, 0.25) is 5.91 Å². The Morgan fingerprint density at radius 2 is 2.29 bits per heavy atom. The molecule has 0 heterocycles. The number of carbonyl (C=O) groups is 1. The molecule has 0 aromatic rings. The van der Waals surface area contributed by atoms with Gasteiger partial charge in [-0.15, -0.1) is 0 Å². The molecule has 0 saturated heterocycles. The van der Waals surface area contributed by atoms with Crippen LogP contribution in [0.4, 0.5) is 0 Å². The minimum Gasteiger partial charge on any atom is -0.343 e. The van der Waals surface area contributed by atoms with Crippen LogP contribution in [0.25, 0.3) is 0 Å². The van der Waals surface area contributed by atoms with E-state index in [-0.39, 0.29) is 5.91 Å². The van der Waals surface area contributed by atoms with Crippen molar-refractivity contribution in [1.29, 1.82) is 5.26 Å². The van der Waals surface area contributed by atoms with Crippen molar-refractivity contribution in [3.8, 4) is 6.07 Å². The lowest BCUT2D eigenvalue weighted by Gasteiger charge is -2.19. The van der Waals surface area contributed by atoms with Gasteiger partial charge in [-0.2, -0.15) is 5.26 Å². The molecule has 14 heavy (non-hydrogen) atoms. The van der Waals surface area contributed by atoms with Gasteiger partial charge in [-0.25, -0.2) is 0 Å². The molecule has 0 bridgehead atoms. The molecule has 0 aliphatic carbocycles. The summed E-state index contributed by atoms with van der Waals surface area (Å²) in [5.74, 6) is -0.0614. The highest BCUT2D eigenvalue weighted by molar-refractivity contribution is 5.81. The number of nitrogens with zero attached hydrogens (tertiary/aromatic N) is 2. The van der Waals surface area contributed by atoms with Crippen LogP contribution in [0.15, 0.2) is 0 Å². The predicted molar refractivity (Wildman–Crippen MR) is 55.4 cm³/mol. The minimum absolute atomic E-state index is 0.0614. The fourth-order valence-corrected chi connectivity index (χ4v) is 1.16. The van der Waals surface area contributed by atoms with Crippen LogP contribution in [0, 0.1) is 11.3 Å². The lowest BCUT2D eigenvalue weighted by Crippen LogP contribution is -2.42. The van der Waals surface area contributed by atoms with E-state index in [9.17, 15) is 4.79 Å². The van der Waals surface area contributed by atoms with Crippen molar-refractivity contribution in [2.24, 2.45) is 5.73 Å². The van der Waals surface area contributed by atoms with E-state index in [0.717, 1.165) is 19.3 Å². The highest BCUT2D eigenvalue weighted by Gasteiger charge is 2.16. The zero-order valence-electron chi connectivity index (χ0n) is 8.99. The monoisotopic (exact) mass is 197 g/mol. The Labute approximate surface area is 85.7 Å². The number of nitriles is 1. The first kappa shape index (κ1) is 12.9. The van der Waals surface area contributed by atoms with Crippen molar-refractivity contribution in [1.82, 2.24) is 4.90 Å². The molecular weight excluding hydrogens is 178 g/mol. The molecule has 0 fully saturated rings. The third-order valence-electron chi connectivity index (χ3n) is 2.12. The van der Waals surface area contributed by atoms with Gasteiger partial charge in [-0.3, -0.25) is 4.79 Å². The Kier molecular flexibility index (Phi) is 6.77. The Morgan fingerprint density at radius 1 is 1.64 bits per heavy atom. The second kappa shape index (κ2) is 7.34. The quantitative estimate of drug-likeness (QED) is 0.687. The maximum absolute atomic E-state index is 11.5. The molecule has 0 aliphatic rings. The van der Waals surface area contributed by atoms with Crippen LogP contribution in [-0.2, 0) is 4.79 Å². The third-order valence-corrected chi connectivity index (χ3v) is 2.12. The van der Waals surface area contributed by atoms with E-state index >= 15 is 0 Å². The van der Waals surface area contributed by atoms with E-state index in [1.54, 1.807) is 7.05 Å². The molecule has 0 aromatic carbocycles.